The molecule has 236 valence electrons. The van der Waals surface area contributed by atoms with Gasteiger partial charge in [-0.05, 0) is 127 Å². The maximum absolute atomic E-state index is 9.43. The molecule has 0 amide bonds. The fraction of sp³-hybridized carbons (Fsp3) is 0. The lowest BCUT2D eigenvalue weighted by Crippen LogP contribution is -2.09. The average molecular weight is 648 g/mol. The SMILES string of the molecule is N#Cc1ccc(N(c2ccc(C#N)cc2)c2ccc(-c3ccc4cccc5c4c3-c3c(-c4ccccc4)ccc(-c4ccccc4)c3-5)cc2)cc1. The van der Waals surface area contributed by atoms with Crippen molar-refractivity contribution in [2.45, 2.75) is 0 Å². The summed E-state index contributed by atoms with van der Waals surface area (Å²) in [6, 6.07) is 65.5. The molecule has 0 aliphatic heterocycles. The lowest BCUT2D eigenvalue weighted by atomic mass is 9.86. The summed E-state index contributed by atoms with van der Waals surface area (Å²) in [4.78, 5) is 2.15. The zero-order valence-electron chi connectivity index (χ0n) is 27.6. The molecule has 0 aromatic heterocycles. The predicted molar refractivity (Wildman–Crippen MR) is 209 cm³/mol. The lowest BCUT2D eigenvalue weighted by molar-refractivity contribution is 1.28. The number of hydrogen-bond donors (Lipinski definition) is 0. The minimum Gasteiger partial charge on any atom is -0.311 e. The normalized spacial score (nSPS) is 11.1. The monoisotopic (exact) mass is 647 g/mol. The number of benzene rings is 8. The molecular weight excluding hydrogens is 619 g/mol. The highest BCUT2D eigenvalue weighted by atomic mass is 15.1. The van der Waals surface area contributed by atoms with Crippen LogP contribution >= 0.6 is 0 Å². The van der Waals surface area contributed by atoms with Crippen LogP contribution in [0.1, 0.15) is 11.1 Å². The highest BCUT2D eigenvalue weighted by molar-refractivity contribution is 6.24. The molecule has 1 aliphatic rings. The first-order valence-corrected chi connectivity index (χ1v) is 17.0. The molecule has 51 heavy (non-hydrogen) atoms. The number of anilines is 3. The first-order valence-electron chi connectivity index (χ1n) is 17.0. The summed E-state index contributed by atoms with van der Waals surface area (Å²) in [6.45, 7) is 0. The van der Waals surface area contributed by atoms with Crippen LogP contribution in [0.2, 0.25) is 0 Å². The molecule has 8 aromatic carbocycles. The Morgan fingerprint density at radius 3 is 1.31 bits per heavy atom. The van der Waals surface area contributed by atoms with Gasteiger partial charge in [-0.15, -0.1) is 0 Å². The second-order valence-corrected chi connectivity index (χ2v) is 12.7. The van der Waals surface area contributed by atoms with E-state index in [0.29, 0.717) is 11.1 Å². The Morgan fingerprint density at radius 1 is 0.333 bits per heavy atom. The van der Waals surface area contributed by atoms with E-state index in [-0.39, 0.29) is 0 Å². The third kappa shape index (κ3) is 5.05. The molecule has 0 atom stereocenters. The van der Waals surface area contributed by atoms with Crippen LogP contribution in [0.5, 0.6) is 0 Å². The van der Waals surface area contributed by atoms with Gasteiger partial charge in [0.25, 0.3) is 0 Å². The molecular formula is C48H29N3. The molecule has 0 spiro atoms. The fourth-order valence-electron chi connectivity index (χ4n) is 7.55. The molecule has 0 unspecified atom stereocenters. The molecule has 0 saturated heterocycles. The van der Waals surface area contributed by atoms with Crippen molar-refractivity contribution in [2.75, 3.05) is 4.90 Å². The summed E-state index contributed by atoms with van der Waals surface area (Å²) < 4.78 is 0. The van der Waals surface area contributed by atoms with Crippen molar-refractivity contribution >= 4 is 27.8 Å². The Morgan fingerprint density at radius 2 is 0.784 bits per heavy atom. The lowest BCUT2D eigenvalue weighted by Gasteiger charge is -2.26. The van der Waals surface area contributed by atoms with Crippen molar-refractivity contribution < 1.29 is 0 Å². The Labute approximate surface area is 297 Å². The third-order valence-electron chi connectivity index (χ3n) is 9.89. The highest BCUT2D eigenvalue weighted by Gasteiger charge is 2.30. The van der Waals surface area contributed by atoms with E-state index >= 15 is 0 Å². The summed E-state index contributed by atoms with van der Waals surface area (Å²) in [7, 11) is 0. The minimum atomic E-state index is 0.605. The molecule has 0 N–H and O–H groups in total. The number of nitrogens with zero attached hydrogens (tertiary/aromatic N) is 3. The Bertz CT molecular complexity index is 2610. The molecule has 9 rings (SSSR count). The zero-order chi connectivity index (χ0) is 34.3. The third-order valence-corrected chi connectivity index (χ3v) is 9.89. The molecule has 3 heteroatoms. The van der Waals surface area contributed by atoms with Crippen LogP contribution in [0.15, 0.2) is 176 Å². The molecule has 1 aliphatic carbocycles. The maximum Gasteiger partial charge on any atom is 0.0991 e. The molecule has 8 aromatic rings. The quantitative estimate of drug-likeness (QED) is 0.180. The van der Waals surface area contributed by atoms with E-state index in [1.807, 2.05) is 48.5 Å². The fourth-order valence-corrected chi connectivity index (χ4v) is 7.55. The van der Waals surface area contributed by atoms with E-state index in [1.54, 1.807) is 0 Å². The maximum atomic E-state index is 9.43. The van der Waals surface area contributed by atoms with Gasteiger partial charge < -0.3 is 4.90 Å². The van der Waals surface area contributed by atoms with E-state index < -0.39 is 0 Å². The number of fused-ring (bicyclic) bond motifs is 3. The highest BCUT2D eigenvalue weighted by Crippen LogP contribution is 2.57. The Balaban J connectivity index is 1.24. The van der Waals surface area contributed by atoms with Gasteiger partial charge in [-0.3, -0.25) is 0 Å². The summed E-state index contributed by atoms with van der Waals surface area (Å²) >= 11 is 0. The summed E-state index contributed by atoms with van der Waals surface area (Å²) in [5.74, 6) is 0. The van der Waals surface area contributed by atoms with Gasteiger partial charge in [0.15, 0.2) is 0 Å². The first kappa shape index (κ1) is 29.9. The van der Waals surface area contributed by atoms with Crippen molar-refractivity contribution in [3.63, 3.8) is 0 Å². The summed E-state index contributed by atoms with van der Waals surface area (Å²) in [5, 5.41) is 21.4. The van der Waals surface area contributed by atoms with Gasteiger partial charge in [0.05, 0.1) is 23.3 Å². The van der Waals surface area contributed by atoms with Crippen molar-refractivity contribution in [2.24, 2.45) is 0 Å². The van der Waals surface area contributed by atoms with Crippen LogP contribution in [0.25, 0.3) is 66.4 Å². The molecule has 3 nitrogen and oxygen atoms in total. The number of rotatable bonds is 6. The molecule has 0 bridgehead atoms. The Hall–Kier alpha value is -7.20. The van der Waals surface area contributed by atoms with Crippen LogP contribution in [0.3, 0.4) is 0 Å². The smallest absolute Gasteiger partial charge is 0.0991 e. The molecule has 0 heterocycles. The standard InChI is InChI=1S/C48H29N3/c49-30-32-14-21-38(22-15-32)51(39-23-16-33(31-50)17-24-39)40-25-18-36(19-26-40)42-27-20-37-12-7-13-44-45(37)47(42)48-43(35-10-5-2-6-11-35)29-28-41(46(44)48)34-8-3-1-4-9-34/h1-29H. The van der Waals surface area contributed by atoms with Gasteiger partial charge in [0, 0.05) is 17.1 Å². The van der Waals surface area contributed by atoms with Crippen LogP contribution < -0.4 is 4.90 Å². The molecule has 0 saturated carbocycles. The van der Waals surface area contributed by atoms with Crippen molar-refractivity contribution in [1.82, 2.24) is 0 Å². The van der Waals surface area contributed by atoms with Crippen LogP contribution in [-0.2, 0) is 0 Å². The largest absolute Gasteiger partial charge is 0.311 e. The van der Waals surface area contributed by atoms with Crippen LogP contribution in [0.4, 0.5) is 17.1 Å². The van der Waals surface area contributed by atoms with E-state index in [2.05, 4.69) is 144 Å². The number of hydrogen-bond acceptors (Lipinski definition) is 3. The Kier molecular flexibility index (Phi) is 7.24. The minimum absolute atomic E-state index is 0.605. The number of nitriles is 2. The van der Waals surface area contributed by atoms with Gasteiger partial charge in [-0.2, -0.15) is 10.5 Å². The zero-order valence-corrected chi connectivity index (χ0v) is 27.6. The van der Waals surface area contributed by atoms with Crippen LogP contribution in [-0.4, -0.2) is 0 Å². The van der Waals surface area contributed by atoms with Crippen molar-refractivity contribution in [3.05, 3.63) is 187 Å². The van der Waals surface area contributed by atoms with Gasteiger partial charge in [0.1, 0.15) is 0 Å². The van der Waals surface area contributed by atoms with E-state index in [9.17, 15) is 10.5 Å². The van der Waals surface area contributed by atoms with E-state index in [0.717, 1.165) is 22.6 Å². The van der Waals surface area contributed by atoms with Gasteiger partial charge in [-0.25, -0.2) is 0 Å². The van der Waals surface area contributed by atoms with E-state index in [4.69, 9.17) is 0 Å². The van der Waals surface area contributed by atoms with Gasteiger partial charge in [0.2, 0.25) is 0 Å². The summed E-state index contributed by atoms with van der Waals surface area (Å²) in [5.41, 5.74) is 16.3. The first-order chi connectivity index (χ1) is 25.2. The van der Waals surface area contributed by atoms with Gasteiger partial charge in [-0.1, -0.05) is 115 Å². The molecule has 0 fully saturated rings. The summed E-state index contributed by atoms with van der Waals surface area (Å²) in [6.07, 6.45) is 0. The topological polar surface area (TPSA) is 50.8 Å². The van der Waals surface area contributed by atoms with Crippen molar-refractivity contribution in [1.29, 1.82) is 10.5 Å². The van der Waals surface area contributed by atoms with E-state index in [1.165, 1.54) is 60.8 Å². The second-order valence-electron chi connectivity index (χ2n) is 12.7. The second kappa shape index (κ2) is 12.4. The average Bonchev–Trinajstić information content (AvgIpc) is 3.56. The van der Waals surface area contributed by atoms with Crippen molar-refractivity contribution in [3.8, 4) is 67.8 Å². The predicted octanol–water partition coefficient (Wildman–Crippen LogP) is 12.7. The van der Waals surface area contributed by atoms with Gasteiger partial charge >= 0.3 is 0 Å². The van der Waals surface area contributed by atoms with Crippen LogP contribution in [0, 0.1) is 22.7 Å². The molecule has 0 radical (unpaired) electrons.